The molecule has 9 nitrogen and oxygen atoms in total. The van der Waals surface area contributed by atoms with Crippen molar-refractivity contribution in [3.63, 3.8) is 0 Å². The Morgan fingerprint density at radius 3 is 2.79 bits per heavy atom. The molecule has 0 aromatic carbocycles. The third kappa shape index (κ3) is 5.17. The Hall–Kier alpha value is -3.93. The number of thiophene rings is 1. The number of nitrogens with zero attached hydrogens (tertiary/aromatic N) is 4. The number of anilines is 1. The van der Waals surface area contributed by atoms with Crippen molar-refractivity contribution in [3.8, 4) is 5.75 Å². The number of hydrogen-bond donors (Lipinski definition) is 2. The normalized spacial score (nSPS) is 13.9. The van der Waals surface area contributed by atoms with Gasteiger partial charge in [0.15, 0.2) is 0 Å². The van der Waals surface area contributed by atoms with E-state index in [1.807, 2.05) is 0 Å². The van der Waals surface area contributed by atoms with Gasteiger partial charge >= 0.3 is 6.11 Å². The monoisotopic (exact) mass is 486 g/mol. The average Bonchev–Trinajstić information content (AvgIpc) is 3.23. The van der Waals surface area contributed by atoms with E-state index in [0.29, 0.717) is 37.7 Å². The molecule has 0 saturated carbocycles. The van der Waals surface area contributed by atoms with Crippen molar-refractivity contribution in [1.82, 2.24) is 19.9 Å². The van der Waals surface area contributed by atoms with Gasteiger partial charge in [0, 0.05) is 48.4 Å². The van der Waals surface area contributed by atoms with Crippen LogP contribution >= 0.6 is 11.3 Å². The first kappa shape index (κ1) is 23.2. The number of fused-ring (bicyclic) bond motifs is 1. The van der Waals surface area contributed by atoms with Crippen LogP contribution in [-0.4, -0.2) is 44.3 Å². The largest absolute Gasteiger partial charge is 0.431 e. The molecule has 3 aromatic rings. The molecule has 4 rings (SSSR count). The van der Waals surface area contributed by atoms with Gasteiger partial charge in [-0.1, -0.05) is 0 Å². The van der Waals surface area contributed by atoms with Gasteiger partial charge in [-0.15, -0.1) is 11.3 Å². The molecule has 0 fully saturated rings. The minimum atomic E-state index is -3.37. The van der Waals surface area contributed by atoms with Crippen LogP contribution in [0, 0.1) is 0 Å². The lowest BCUT2D eigenvalue weighted by molar-refractivity contribution is -0.159. The standard InChI is InChI=1S/C22H20F2N6O3S/c1-22(23,24)33-14-6-13(8-27-9-14)29-20(31)17-12-34-19-11-30(5-2-15(17)19)21(32)16(7-25)18-10-26-3-4-28-18/h3-4,6-10,12H,2,5,11,25H2,1H3,(H,29,31)/b16-7+. The number of aromatic nitrogens is 3. The van der Waals surface area contributed by atoms with E-state index < -0.39 is 12.0 Å². The molecule has 1 aliphatic heterocycles. The van der Waals surface area contributed by atoms with Gasteiger partial charge < -0.3 is 20.7 Å². The summed E-state index contributed by atoms with van der Waals surface area (Å²) in [4.78, 5) is 40.3. The predicted octanol–water partition coefficient (Wildman–Crippen LogP) is 3.06. The molecule has 0 saturated heterocycles. The Morgan fingerprint density at radius 2 is 2.09 bits per heavy atom. The van der Waals surface area contributed by atoms with Gasteiger partial charge in [0.1, 0.15) is 5.75 Å². The lowest BCUT2D eigenvalue weighted by Crippen LogP contribution is -2.36. The Labute approximate surface area is 197 Å². The summed E-state index contributed by atoms with van der Waals surface area (Å²) in [6.07, 6.45) is 5.25. The third-order valence-corrected chi connectivity index (χ3v) is 6.00. The van der Waals surface area contributed by atoms with Crippen molar-refractivity contribution in [1.29, 1.82) is 0 Å². The number of nitrogens with two attached hydrogens (primary N) is 1. The number of rotatable bonds is 6. The number of hydrogen-bond acceptors (Lipinski definition) is 8. The SMILES string of the molecule is CC(F)(F)Oc1cncc(NC(=O)c2csc3c2CCN(C(=O)/C(=C/N)c2cnccn2)C3)c1. The van der Waals surface area contributed by atoms with E-state index in [-0.39, 0.29) is 22.9 Å². The van der Waals surface area contributed by atoms with E-state index in [4.69, 9.17) is 5.73 Å². The summed E-state index contributed by atoms with van der Waals surface area (Å²) >= 11 is 1.37. The highest BCUT2D eigenvalue weighted by Crippen LogP contribution is 2.31. The molecule has 176 valence electrons. The zero-order valence-electron chi connectivity index (χ0n) is 18.0. The third-order valence-electron chi connectivity index (χ3n) is 4.98. The summed E-state index contributed by atoms with van der Waals surface area (Å²) in [5, 5.41) is 4.37. The molecule has 34 heavy (non-hydrogen) atoms. The Balaban J connectivity index is 1.46. The van der Waals surface area contributed by atoms with E-state index in [9.17, 15) is 18.4 Å². The van der Waals surface area contributed by atoms with Crippen LogP contribution < -0.4 is 15.8 Å². The van der Waals surface area contributed by atoms with Crippen LogP contribution in [0.3, 0.4) is 0 Å². The fourth-order valence-corrected chi connectivity index (χ4v) is 4.61. The van der Waals surface area contributed by atoms with Gasteiger partial charge in [-0.3, -0.25) is 24.5 Å². The van der Waals surface area contributed by atoms with Crippen molar-refractivity contribution in [2.45, 2.75) is 26.0 Å². The highest BCUT2D eigenvalue weighted by atomic mass is 32.1. The molecule has 12 heteroatoms. The number of nitrogens with one attached hydrogen (secondary N) is 1. The Kier molecular flexibility index (Phi) is 6.50. The topological polar surface area (TPSA) is 123 Å². The second kappa shape index (κ2) is 9.51. The molecule has 0 atom stereocenters. The highest BCUT2D eigenvalue weighted by molar-refractivity contribution is 7.10. The minimum absolute atomic E-state index is 0.168. The van der Waals surface area contributed by atoms with E-state index in [1.165, 1.54) is 48.4 Å². The molecular weight excluding hydrogens is 466 g/mol. The summed E-state index contributed by atoms with van der Waals surface area (Å²) < 4.78 is 30.7. The van der Waals surface area contributed by atoms with Gasteiger partial charge in [0.2, 0.25) is 0 Å². The Morgan fingerprint density at radius 1 is 1.26 bits per heavy atom. The maximum Gasteiger partial charge on any atom is 0.394 e. The molecule has 0 aliphatic carbocycles. The van der Waals surface area contributed by atoms with Crippen LogP contribution in [0.15, 0.2) is 48.6 Å². The van der Waals surface area contributed by atoms with E-state index in [2.05, 4.69) is 25.0 Å². The van der Waals surface area contributed by atoms with Crippen molar-refractivity contribution < 1.29 is 23.1 Å². The summed E-state index contributed by atoms with van der Waals surface area (Å²) in [7, 11) is 0. The number of pyridine rings is 1. The van der Waals surface area contributed by atoms with Crippen LogP contribution in [0.2, 0.25) is 0 Å². The maximum absolute atomic E-state index is 13.1. The smallest absolute Gasteiger partial charge is 0.394 e. The predicted molar refractivity (Wildman–Crippen MR) is 121 cm³/mol. The molecule has 3 aromatic heterocycles. The number of amides is 2. The van der Waals surface area contributed by atoms with Gasteiger partial charge in [-0.2, -0.15) is 8.78 Å². The van der Waals surface area contributed by atoms with Crippen LogP contribution in [-0.2, 0) is 17.8 Å². The second-order valence-electron chi connectivity index (χ2n) is 7.47. The molecule has 3 N–H and O–H groups in total. The van der Waals surface area contributed by atoms with Gasteiger partial charge in [-0.05, 0) is 12.0 Å². The summed E-state index contributed by atoms with van der Waals surface area (Å²) in [6, 6.07) is 1.27. The lowest BCUT2D eigenvalue weighted by atomic mass is 10.0. The second-order valence-corrected chi connectivity index (χ2v) is 8.44. The van der Waals surface area contributed by atoms with Crippen molar-refractivity contribution in [2.75, 3.05) is 11.9 Å². The van der Waals surface area contributed by atoms with Crippen LogP contribution in [0.5, 0.6) is 5.75 Å². The zero-order valence-corrected chi connectivity index (χ0v) is 18.8. The van der Waals surface area contributed by atoms with Gasteiger partial charge in [0.05, 0.1) is 47.7 Å². The van der Waals surface area contributed by atoms with Crippen molar-refractivity contribution in [2.24, 2.45) is 5.73 Å². The first-order chi connectivity index (χ1) is 16.2. The van der Waals surface area contributed by atoms with Crippen LogP contribution in [0.4, 0.5) is 14.5 Å². The highest BCUT2D eigenvalue weighted by Gasteiger charge is 2.29. The fraction of sp³-hybridized carbons (Fsp3) is 0.227. The molecule has 0 spiro atoms. The number of ether oxygens (including phenoxy) is 1. The van der Waals surface area contributed by atoms with Crippen LogP contribution in [0.25, 0.3) is 5.57 Å². The van der Waals surface area contributed by atoms with E-state index in [0.717, 1.165) is 16.6 Å². The lowest BCUT2D eigenvalue weighted by Gasteiger charge is -2.28. The van der Waals surface area contributed by atoms with E-state index in [1.54, 1.807) is 10.3 Å². The maximum atomic E-state index is 13.1. The van der Waals surface area contributed by atoms with Crippen molar-refractivity contribution in [3.05, 3.63) is 70.3 Å². The molecule has 0 unspecified atom stereocenters. The molecule has 0 radical (unpaired) electrons. The number of alkyl halides is 2. The summed E-state index contributed by atoms with van der Waals surface area (Å²) in [6.45, 7) is 1.32. The Bertz CT molecular complexity index is 1240. The summed E-state index contributed by atoms with van der Waals surface area (Å²) in [5.74, 6) is -0.844. The first-order valence-electron chi connectivity index (χ1n) is 10.1. The first-order valence-corrected chi connectivity index (χ1v) is 11.0. The average molecular weight is 487 g/mol. The minimum Gasteiger partial charge on any atom is -0.431 e. The van der Waals surface area contributed by atoms with Crippen molar-refractivity contribution >= 4 is 34.4 Å². The number of halogens is 2. The molecule has 2 amide bonds. The van der Waals surface area contributed by atoms with E-state index >= 15 is 0 Å². The quantitative estimate of drug-likeness (QED) is 0.513. The van der Waals surface area contributed by atoms with Gasteiger partial charge in [-0.25, -0.2) is 0 Å². The zero-order chi connectivity index (χ0) is 24.3. The number of carbonyl (C=O) groups is 2. The molecular formula is C22H20F2N6O3S. The fourth-order valence-electron chi connectivity index (χ4n) is 3.52. The summed E-state index contributed by atoms with van der Waals surface area (Å²) in [5.41, 5.74) is 7.84. The molecule has 0 bridgehead atoms. The van der Waals surface area contributed by atoms with Crippen LogP contribution in [0.1, 0.15) is 33.4 Å². The van der Waals surface area contributed by atoms with Gasteiger partial charge in [0.25, 0.3) is 11.8 Å². The number of carbonyl (C=O) groups excluding carboxylic acids is 2. The molecule has 1 aliphatic rings. The molecule has 4 heterocycles.